The number of halogens is 1. The first kappa shape index (κ1) is 14.8. The van der Waals surface area contributed by atoms with Crippen LogP contribution >= 0.6 is 11.6 Å². The molecule has 0 aliphatic carbocycles. The van der Waals surface area contributed by atoms with Gasteiger partial charge in [0.05, 0.1) is 18.0 Å². The number of furan rings is 1. The molecule has 0 spiro atoms. The van der Waals surface area contributed by atoms with Crippen LogP contribution in [0.15, 0.2) is 76.4 Å². The summed E-state index contributed by atoms with van der Waals surface area (Å²) in [6.45, 7) is 0. The van der Waals surface area contributed by atoms with E-state index < -0.39 is 0 Å². The molecule has 0 bridgehead atoms. The molecule has 5 heteroatoms. The number of hydrazone groups is 1. The summed E-state index contributed by atoms with van der Waals surface area (Å²) in [6.07, 6.45) is 2.42. The van der Waals surface area contributed by atoms with E-state index >= 15 is 0 Å². The van der Waals surface area contributed by atoms with E-state index in [-0.39, 0.29) is 6.04 Å². The van der Waals surface area contributed by atoms with E-state index in [0.717, 1.165) is 34.8 Å². The van der Waals surface area contributed by atoms with Crippen molar-refractivity contribution in [3.63, 3.8) is 0 Å². The molecule has 2 N–H and O–H groups in total. The Labute approximate surface area is 145 Å². The van der Waals surface area contributed by atoms with Gasteiger partial charge in [0.1, 0.15) is 11.5 Å². The third-order valence-corrected chi connectivity index (χ3v) is 4.35. The molecule has 0 amide bonds. The maximum Gasteiger partial charge on any atom is 0.149 e. The minimum Gasteiger partial charge on any atom is -0.463 e. The fraction of sp³-hybridized carbons (Fsp3) is 0.105. The molecule has 120 valence electrons. The first-order chi connectivity index (χ1) is 11.7. The van der Waals surface area contributed by atoms with E-state index in [0.29, 0.717) is 5.02 Å². The second-order valence-electron chi connectivity index (χ2n) is 5.74. The van der Waals surface area contributed by atoms with Gasteiger partial charge in [0.2, 0.25) is 0 Å². The van der Waals surface area contributed by atoms with Gasteiger partial charge in [-0.05, 0) is 48.0 Å². The second kappa shape index (κ2) is 6.06. The van der Waals surface area contributed by atoms with Crippen LogP contribution in [0.3, 0.4) is 0 Å². The molecule has 1 aromatic heterocycles. The Bertz CT molecular complexity index is 872. The minimum atomic E-state index is 0.0733. The van der Waals surface area contributed by atoms with Crippen molar-refractivity contribution in [3.8, 4) is 0 Å². The number of benzene rings is 2. The van der Waals surface area contributed by atoms with Crippen LogP contribution in [0.25, 0.3) is 0 Å². The quantitative estimate of drug-likeness (QED) is 0.693. The average Bonchev–Trinajstić information content (AvgIpc) is 3.25. The Morgan fingerprint density at radius 3 is 2.62 bits per heavy atom. The Morgan fingerprint density at radius 1 is 1.08 bits per heavy atom. The van der Waals surface area contributed by atoms with Gasteiger partial charge in [-0.2, -0.15) is 5.10 Å². The molecule has 4 rings (SSSR count). The van der Waals surface area contributed by atoms with Gasteiger partial charge >= 0.3 is 0 Å². The predicted octanol–water partition coefficient (Wildman–Crippen LogP) is 4.87. The van der Waals surface area contributed by atoms with E-state index in [1.807, 2.05) is 65.7 Å². The van der Waals surface area contributed by atoms with Crippen LogP contribution < -0.4 is 10.7 Å². The molecular weight excluding hydrogens is 322 g/mol. The van der Waals surface area contributed by atoms with Gasteiger partial charge in [-0.3, -0.25) is 5.01 Å². The van der Waals surface area contributed by atoms with Gasteiger partial charge in [-0.15, -0.1) is 0 Å². The molecule has 2 aromatic carbocycles. The predicted molar refractivity (Wildman–Crippen MR) is 97.4 cm³/mol. The van der Waals surface area contributed by atoms with Gasteiger partial charge in [0.25, 0.3) is 0 Å². The van der Waals surface area contributed by atoms with Gasteiger partial charge < -0.3 is 10.2 Å². The highest BCUT2D eigenvalue weighted by atomic mass is 35.5. The van der Waals surface area contributed by atoms with Gasteiger partial charge in [-0.1, -0.05) is 29.8 Å². The zero-order valence-corrected chi connectivity index (χ0v) is 13.6. The highest BCUT2D eigenvalue weighted by Crippen LogP contribution is 2.37. The average molecular weight is 338 g/mol. The third-order valence-electron chi connectivity index (χ3n) is 4.11. The first-order valence-electron chi connectivity index (χ1n) is 7.72. The van der Waals surface area contributed by atoms with Crippen LogP contribution in [0.5, 0.6) is 0 Å². The highest BCUT2D eigenvalue weighted by molar-refractivity contribution is 6.30. The van der Waals surface area contributed by atoms with Crippen molar-refractivity contribution in [2.24, 2.45) is 5.10 Å². The Morgan fingerprint density at radius 2 is 1.92 bits per heavy atom. The summed E-state index contributed by atoms with van der Waals surface area (Å²) in [7, 11) is 0. The van der Waals surface area contributed by atoms with E-state index in [1.54, 1.807) is 6.26 Å². The maximum absolute atomic E-state index is 6.16. The van der Waals surface area contributed by atoms with E-state index in [2.05, 4.69) is 0 Å². The number of hydrogen-bond acceptors (Lipinski definition) is 4. The summed E-state index contributed by atoms with van der Waals surface area (Å²) in [5.41, 5.74) is 9.59. The Balaban J connectivity index is 1.76. The van der Waals surface area contributed by atoms with Crippen LogP contribution in [0, 0.1) is 0 Å². The van der Waals surface area contributed by atoms with Crippen molar-refractivity contribution in [3.05, 3.63) is 83.3 Å². The van der Waals surface area contributed by atoms with Crippen molar-refractivity contribution < 1.29 is 4.42 Å². The zero-order chi connectivity index (χ0) is 16.5. The largest absolute Gasteiger partial charge is 0.463 e. The molecule has 1 atom stereocenters. The topological polar surface area (TPSA) is 54.8 Å². The lowest BCUT2D eigenvalue weighted by Gasteiger charge is -2.24. The molecule has 24 heavy (non-hydrogen) atoms. The van der Waals surface area contributed by atoms with Crippen LogP contribution in [0.2, 0.25) is 5.02 Å². The van der Waals surface area contributed by atoms with E-state index in [9.17, 15) is 0 Å². The van der Waals surface area contributed by atoms with Crippen LogP contribution in [0.4, 0.5) is 11.4 Å². The number of nitrogens with zero attached hydrogens (tertiary/aromatic N) is 2. The number of anilines is 2. The second-order valence-corrected chi connectivity index (χ2v) is 6.17. The zero-order valence-electron chi connectivity index (χ0n) is 12.9. The summed E-state index contributed by atoms with van der Waals surface area (Å²) < 4.78 is 5.53. The normalized spacial score (nSPS) is 17.1. The molecule has 2 heterocycles. The van der Waals surface area contributed by atoms with Gasteiger partial charge in [0, 0.05) is 17.1 Å². The van der Waals surface area contributed by atoms with Gasteiger partial charge in [-0.25, -0.2) is 0 Å². The molecule has 4 nitrogen and oxygen atoms in total. The first-order valence-corrected chi connectivity index (χ1v) is 8.10. The fourth-order valence-corrected chi connectivity index (χ4v) is 3.12. The maximum atomic E-state index is 6.16. The summed E-state index contributed by atoms with van der Waals surface area (Å²) in [5, 5.41) is 7.47. The smallest absolute Gasteiger partial charge is 0.149 e. The van der Waals surface area contributed by atoms with Crippen LogP contribution in [-0.2, 0) is 0 Å². The lowest BCUT2D eigenvalue weighted by molar-refractivity contribution is 0.556. The van der Waals surface area contributed by atoms with E-state index in [4.69, 9.17) is 26.9 Å². The van der Waals surface area contributed by atoms with Gasteiger partial charge in [0.15, 0.2) is 0 Å². The van der Waals surface area contributed by atoms with Crippen LogP contribution in [-0.4, -0.2) is 5.71 Å². The lowest BCUT2D eigenvalue weighted by Crippen LogP contribution is -2.18. The summed E-state index contributed by atoms with van der Waals surface area (Å²) in [6, 6.07) is 19.5. The molecular formula is C19H16ClN3O. The number of nitrogen functional groups attached to an aromatic ring is 1. The summed E-state index contributed by atoms with van der Waals surface area (Å²) >= 11 is 6.16. The molecule has 1 aliphatic rings. The molecule has 3 aromatic rings. The third kappa shape index (κ3) is 2.76. The minimum absolute atomic E-state index is 0.0733. The lowest BCUT2D eigenvalue weighted by atomic mass is 10.0. The van der Waals surface area contributed by atoms with Crippen molar-refractivity contribution in [2.75, 3.05) is 10.7 Å². The van der Waals surface area contributed by atoms with Crippen LogP contribution in [0.1, 0.15) is 23.8 Å². The standard InChI is InChI=1S/C19H16ClN3O/c20-14-3-1-4-16(11-14)23-18(13-6-8-15(21)9-7-13)12-17(22-23)19-5-2-10-24-19/h1-11,18H,12,21H2. The molecule has 0 saturated carbocycles. The Kier molecular flexibility index (Phi) is 3.75. The monoisotopic (exact) mass is 337 g/mol. The molecule has 0 fully saturated rings. The highest BCUT2D eigenvalue weighted by Gasteiger charge is 2.31. The van der Waals surface area contributed by atoms with Crippen molar-refractivity contribution in [2.45, 2.75) is 12.5 Å². The molecule has 0 saturated heterocycles. The summed E-state index contributed by atoms with van der Waals surface area (Å²) in [4.78, 5) is 0. The van der Waals surface area contributed by atoms with Crippen molar-refractivity contribution >= 4 is 28.7 Å². The van der Waals surface area contributed by atoms with E-state index in [1.165, 1.54) is 0 Å². The molecule has 0 radical (unpaired) electrons. The summed E-state index contributed by atoms with van der Waals surface area (Å²) in [5.74, 6) is 0.792. The number of nitrogens with two attached hydrogens (primary N) is 1. The number of hydrogen-bond donors (Lipinski definition) is 1. The fourth-order valence-electron chi connectivity index (χ4n) is 2.94. The molecule has 1 aliphatic heterocycles. The van der Waals surface area contributed by atoms with Crippen molar-refractivity contribution in [1.29, 1.82) is 0 Å². The SMILES string of the molecule is Nc1ccc(C2CC(c3ccco3)=NN2c2cccc(Cl)c2)cc1. The number of rotatable bonds is 3. The molecule has 1 unspecified atom stereocenters. The van der Waals surface area contributed by atoms with Crippen molar-refractivity contribution in [1.82, 2.24) is 0 Å². The Hall–Kier alpha value is -2.72.